The summed E-state index contributed by atoms with van der Waals surface area (Å²) in [6.45, 7) is 5.04. The predicted octanol–water partition coefficient (Wildman–Crippen LogP) is 0.401. The minimum absolute atomic E-state index is 0.0823. The molecular weight excluding hydrogens is 258 g/mol. The first kappa shape index (κ1) is 15.2. The number of hydrogen-bond donors (Lipinski definition) is 1. The smallest absolute Gasteiger partial charge is 0.410 e. The Hall–Kier alpha value is -0.820. The zero-order valence-electron chi connectivity index (χ0n) is 11.2. The maximum absolute atomic E-state index is 11.9. The molecule has 1 rings (SSSR count). The van der Waals surface area contributed by atoms with Crippen molar-refractivity contribution in [3.8, 4) is 0 Å². The second-order valence-electron chi connectivity index (χ2n) is 5.66. The van der Waals surface area contributed by atoms with E-state index < -0.39 is 32.8 Å². The second-order valence-corrected chi connectivity index (χ2v) is 7.98. The van der Waals surface area contributed by atoms with Crippen LogP contribution in [-0.2, 0) is 14.6 Å². The van der Waals surface area contributed by atoms with Gasteiger partial charge >= 0.3 is 6.09 Å². The lowest BCUT2D eigenvalue weighted by Crippen LogP contribution is -2.41. The quantitative estimate of drug-likeness (QED) is 0.791. The molecule has 1 N–H and O–H groups in total. The molecular formula is C11H21NO5S. The monoisotopic (exact) mass is 279 g/mol. The van der Waals surface area contributed by atoms with Crippen molar-refractivity contribution in [1.29, 1.82) is 0 Å². The zero-order valence-corrected chi connectivity index (χ0v) is 12.0. The van der Waals surface area contributed by atoms with Gasteiger partial charge in [0, 0.05) is 12.8 Å². The highest BCUT2D eigenvalue weighted by Gasteiger charge is 2.41. The van der Waals surface area contributed by atoms with Crippen molar-refractivity contribution in [3.63, 3.8) is 0 Å². The van der Waals surface area contributed by atoms with Crippen LogP contribution in [0.25, 0.3) is 0 Å². The van der Waals surface area contributed by atoms with Crippen LogP contribution in [0, 0.1) is 0 Å². The number of amides is 1. The molecule has 0 aromatic carbocycles. The number of nitrogens with zero attached hydrogens (tertiary/aromatic N) is 1. The van der Waals surface area contributed by atoms with Crippen LogP contribution >= 0.6 is 0 Å². The SMILES string of the molecule is CC(C)(C)OC(=O)N1C[C@H](S(C)(=O)=O)C[C@H]1CO. The van der Waals surface area contributed by atoms with Gasteiger partial charge in [-0.25, -0.2) is 13.2 Å². The topological polar surface area (TPSA) is 83.9 Å². The van der Waals surface area contributed by atoms with Crippen LogP contribution in [0.5, 0.6) is 0 Å². The number of aliphatic hydroxyl groups is 1. The lowest BCUT2D eigenvalue weighted by Gasteiger charge is -2.27. The molecule has 1 amide bonds. The standard InChI is InChI=1S/C11H21NO5S/c1-11(2,3)17-10(14)12-6-9(18(4,15)16)5-8(12)7-13/h8-9,13H,5-7H2,1-4H3/t8-,9+/m0/s1. The average molecular weight is 279 g/mol. The number of likely N-dealkylation sites (tertiary alicyclic amines) is 1. The first-order chi connectivity index (χ1) is 8.04. The summed E-state index contributed by atoms with van der Waals surface area (Å²) in [6, 6.07) is -0.487. The van der Waals surface area contributed by atoms with Crippen LogP contribution in [0.2, 0.25) is 0 Å². The molecule has 1 heterocycles. The van der Waals surface area contributed by atoms with Gasteiger partial charge in [0.25, 0.3) is 0 Å². The molecule has 106 valence electrons. The average Bonchev–Trinajstić information content (AvgIpc) is 2.57. The highest BCUT2D eigenvalue weighted by Crippen LogP contribution is 2.24. The molecule has 2 atom stereocenters. The molecule has 0 unspecified atom stereocenters. The van der Waals surface area contributed by atoms with Gasteiger partial charge in [0.05, 0.1) is 17.9 Å². The second kappa shape index (κ2) is 5.05. The Morgan fingerprint density at radius 1 is 1.44 bits per heavy atom. The fourth-order valence-electron chi connectivity index (χ4n) is 1.90. The molecule has 0 saturated carbocycles. The number of aliphatic hydroxyl groups excluding tert-OH is 1. The van der Waals surface area contributed by atoms with E-state index in [0.29, 0.717) is 0 Å². The summed E-state index contributed by atoms with van der Waals surface area (Å²) in [7, 11) is -3.22. The Balaban J connectivity index is 2.79. The van der Waals surface area contributed by atoms with Crippen molar-refractivity contribution in [3.05, 3.63) is 0 Å². The van der Waals surface area contributed by atoms with Gasteiger partial charge in [-0.1, -0.05) is 0 Å². The van der Waals surface area contributed by atoms with E-state index >= 15 is 0 Å². The minimum atomic E-state index is -3.22. The molecule has 1 aliphatic heterocycles. The van der Waals surface area contributed by atoms with Gasteiger partial charge in [0.15, 0.2) is 9.84 Å². The molecule has 6 nitrogen and oxygen atoms in total. The number of sulfone groups is 1. The van der Waals surface area contributed by atoms with E-state index in [9.17, 15) is 18.3 Å². The third kappa shape index (κ3) is 3.84. The van der Waals surface area contributed by atoms with E-state index in [1.165, 1.54) is 4.90 Å². The van der Waals surface area contributed by atoms with Crippen molar-refractivity contribution in [2.45, 2.75) is 44.1 Å². The van der Waals surface area contributed by atoms with Crippen molar-refractivity contribution in [1.82, 2.24) is 4.90 Å². The Kier molecular flexibility index (Phi) is 4.27. The van der Waals surface area contributed by atoms with Gasteiger partial charge in [-0.05, 0) is 27.2 Å². The van der Waals surface area contributed by atoms with Crippen LogP contribution in [-0.4, -0.2) is 60.8 Å². The minimum Gasteiger partial charge on any atom is -0.444 e. The molecule has 1 aliphatic rings. The van der Waals surface area contributed by atoms with Gasteiger partial charge in [0.2, 0.25) is 0 Å². The lowest BCUT2D eigenvalue weighted by atomic mass is 10.2. The summed E-state index contributed by atoms with van der Waals surface area (Å²) in [6.07, 6.45) is 0.826. The number of carbonyl (C=O) groups is 1. The Morgan fingerprint density at radius 3 is 2.39 bits per heavy atom. The van der Waals surface area contributed by atoms with E-state index in [0.717, 1.165) is 6.26 Å². The molecule has 1 saturated heterocycles. The van der Waals surface area contributed by atoms with Gasteiger partial charge in [-0.3, -0.25) is 0 Å². The van der Waals surface area contributed by atoms with E-state index in [-0.39, 0.29) is 19.6 Å². The van der Waals surface area contributed by atoms with E-state index in [1.807, 2.05) is 0 Å². The molecule has 18 heavy (non-hydrogen) atoms. The highest BCUT2D eigenvalue weighted by atomic mass is 32.2. The summed E-state index contributed by atoms with van der Waals surface area (Å²) in [5.41, 5.74) is -0.639. The maximum Gasteiger partial charge on any atom is 0.410 e. The Labute approximate surface area is 108 Å². The zero-order chi connectivity index (χ0) is 14.1. The number of hydrogen-bond acceptors (Lipinski definition) is 5. The van der Waals surface area contributed by atoms with Gasteiger partial charge in [-0.15, -0.1) is 0 Å². The van der Waals surface area contributed by atoms with Crippen LogP contribution < -0.4 is 0 Å². The molecule has 0 aromatic rings. The van der Waals surface area contributed by atoms with Gasteiger partial charge in [-0.2, -0.15) is 0 Å². The maximum atomic E-state index is 11.9. The number of carbonyl (C=O) groups excluding carboxylic acids is 1. The largest absolute Gasteiger partial charge is 0.444 e. The third-order valence-corrected chi connectivity index (χ3v) is 4.37. The van der Waals surface area contributed by atoms with E-state index in [2.05, 4.69) is 0 Å². The van der Waals surface area contributed by atoms with Crippen molar-refractivity contribution in [2.24, 2.45) is 0 Å². The summed E-state index contributed by atoms with van der Waals surface area (Å²) in [5, 5.41) is 8.60. The van der Waals surface area contributed by atoms with Crippen LogP contribution in [0.1, 0.15) is 27.2 Å². The lowest BCUT2D eigenvalue weighted by molar-refractivity contribution is 0.0176. The van der Waals surface area contributed by atoms with Crippen LogP contribution in [0.4, 0.5) is 4.79 Å². The summed E-state index contributed by atoms with van der Waals surface area (Å²) < 4.78 is 28.2. The van der Waals surface area contributed by atoms with Crippen LogP contribution in [0.15, 0.2) is 0 Å². The molecule has 0 aromatic heterocycles. The van der Waals surface area contributed by atoms with E-state index in [4.69, 9.17) is 4.74 Å². The van der Waals surface area contributed by atoms with Crippen molar-refractivity contribution in [2.75, 3.05) is 19.4 Å². The van der Waals surface area contributed by atoms with Crippen molar-refractivity contribution >= 4 is 15.9 Å². The molecule has 0 aliphatic carbocycles. The summed E-state index contributed by atoms with van der Waals surface area (Å²) >= 11 is 0. The van der Waals surface area contributed by atoms with Crippen molar-refractivity contribution < 1.29 is 23.1 Å². The highest BCUT2D eigenvalue weighted by molar-refractivity contribution is 7.91. The number of ether oxygens (including phenoxy) is 1. The predicted molar refractivity (Wildman–Crippen MR) is 67.1 cm³/mol. The van der Waals surface area contributed by atoms with Gasteiger partial charge in [0.1, 0.15) is 5.60 Å². The Morgan fingerprint density at radius 2 is 2.00 bits per heavy atom. The fraction of sp³-hybridized carbons (Fsp3) is 0.909. The molecule has 0 radical (unpaired) electrons. The molecule has 1 fully saturated rings. The normalized spacial score (nSPS) is 25.3. The van der Waals surface area contributed by atoms with E-state index in [1.54, 1.807) is 20.8 Å². The fourth-order valence-corrected chi connectivity index (χ4v) is 2.90. The molecule has 0 spiro atoms. The summed E-state index contributed by atoms with van der Waals surface area (Å²) in [5.74, 6) is 0. The molecule has 7 heteroatoms. The first-order valence-corrected chi connectivity index (χ1v) is 7.79. The summed E-state index contributed by atoms with van der Waals surface area (Å²) in [4.78, 5) is 13.2. The van der Waals surface area contributed by atoms with Crippen LogP contribution in [0.3, 0.4) is 0 Å². The molecule has 0 bridgehead atoms. The first-order valence-electron chi connectivity index (χ1n) is 5.84. The Bertz CT molecular complexity index is 412. The number of rotatable bonds is 2. The van der Waals surface area contributed by atoms with Gasteiger partial charge < -0.3 is 14.7 Å². The third-order valence-electron chi connectivity index (χ3n) is 2.82.